The van der Waals surface area contributed by atoms with Crippen LogP contribution < -0.4 is 0 Å². The Morgan fingerprint density at radius 3 is 2.47 bits per heavy atom. The number of hydrogen-bond donors (Lipinski definition) is 1. The van der Waals surface area contributed by atoms with Gasteiger partial charge in [0.1, 0.15) is 0 Å². The predicted octanol–water partition coefficient (Wildman–Crippen LogP) is 4.20. The average molecular weight is 334 g/mol. The minimum atomic E-state index is 0.345. The van der Waals surface area contributed by atoms with Gasteiger partial charge in [-0.25, -0.2) is 0 Å². The zero-order valence-corrected chi connectivity index (χ0v) is 14.4. The molecule has 1 heterocycles. The Balaban J connectivity index is 2.60. The van der Waals surface area contributed by atoms with Crippen molar-refractivity contribution in [2.45, 2.75) is 71.3 Å². The van der Waals surface area contributed by atoms with Crippen LogP contribution in [0.2, 0.25) is 0 Å². The summed E-state index contributed by atoms with van der Waals surface area (Å²) in [5.41, 5.74) is 0.464. The van der Waals surface area contributed by atoms with E-state index in [1.807, 2.05) is 0 Å². The van der Waals surface area contributed by atoms with E-state index in [1.165, 1.54) is 58.0 Å². The normalized spacial score (nSPS) is 21.2. The lowest BCUT2D eigenvalue weighted by Crippen LogP contribution is -2.41. The minimum absolute atomic E-state index is 0.345. The van der Waals surface area contributed by atoms with E-state index in [-0.39, 0.29) is 0 Å². The number of hydrogen-bond acceptors (Lipinski definition) is 2. The number of rotatable bonds is 10. The molecule has 0 radical (unpaired) electrons. The summed E-state index contributed by atoms with van der Waals surface area (Å²) in [6.45, 7) is 7.47. The second kappa shape index (κ2) is 9.36. The van der Waals surface area contributed by atoms with Gasteiger partial charge in [-0.2, -0.15) is 0 Å². The molecule has 0 aromatic heterocycles. The molecule has 0 aromatic carbocycles. The van der Waals surface area contributed by atoms with Crippen LogP contribution in [-0.4, -0.2) is 41.1 Å². The molecule has 0 amide bonds. The van der Waals surface area contributed by atoms with E-state index in [0.717, 1.165) is 17.8 Å². The molecule has 1 fully saturated rings. The molecule has 1 aliphatic heterocycles. The predicted molar refractivity (Wildman–Crippen MR) is 87.0 cm³/mol. The Bertz CT molecular complexity index is 229. The van der Waals surface area contributed by atoms with Gasteiger partial charge in [0.25, 0.3) is 0 Å². The van der Waals surface area contributed by atoms with Gasteiger partial charge in [-0.15, -0.1) is 0 Å². The van der Waals surface area contributed by atoms with E-state index in [1.54, 1.807) is 0 Å². The third kappa shape index (κ3) is 5.35. The Morgan fingerprint density at radius 1 is 1.26 bits per heavy atom. The van der Waals surface area contributed by atoms with E-state index in [9.17, 15) is 0 Å². The first kappa shape index (κ1) is 17.5. The van der Waals surface area contributed by atoms with E-state index in [4.69, 9.17) is 5.11 Å². The molecule has 1 atom stereocenters. The van der Waals surface area contributed by atoms with Crippen LogP contribution in [-0.2, 0) is 0 Å². The summed E-state index contributed by atoms with van der Waals surface area (Å²) < 4.78 is 0. The molecule has 114 valence electrons. The van der Waals surface area contributed by atoms with Crippen molar-refractivity contribution in [3.63, 3.8) is 0 Å². The zero-order chi connectivity index (χ0) is 14.1. The van der Waals surface area contributed by atoms with Crippen LogP contribution in [0, 0.1) is 5.41 Å². The molecule has 0 aliphatic carbocycles. The lowest BCUT2D eigenvalue weighted by atomic mass is 9.80. The lowest BCUT2D eigenvalue weighted by molar-refractivity contribution is 0.128. The molecular weight excluding hydrogens is 302 g/mol. The summed E-state index contributed by atoms with van der Waals surface area (Å²) in [4.78, 5) is 2.71. The second-order valence-corrected chi connectivity index (χ2v) is 6.83. The Hall–Kier alpha value is 0.400. The van der Waals surface area contributed by atoms with Crippen molar-refractivity contribution in [2.24, 2.45) is 5.41 Å². The molecule has 0 bridgehead atoms. The van der Waals surface area contributed by atoms with E-state index < -0.39 is 0 Å². The van der Waals surface area contributed by atoms with Gasteiger partial charge in [0.15, 0.2) is 0 Å². The number of aliphatic hydroxyl groups is 1. The van der Waals surface area contributed by atoms with Gasteiger partial charge in [-0.1, -0.05) is 42.6 Å². The Morgan fingerprint density at radius 2 is 1.95 bits per heavy atom. The fraction of sp³-hybridized carbons (Fsp3) is 1.00. The highest BCUT2D eigenvalue weighted by Gasteiger charge is 2.34. The maximum atomic E-state index is 9.03. The largest absolute Gasteiger partial charge is 0.396 e. The van der Waals surface area contributed by atoms with Crippen molar-refractivity contribution < 1.29 is 5.11 Å². The summed E-state index contributed by atoms with van der Waals surface area (Å²) in [6.07, 6.45) is 10.0. The fourth-order valence-corrected chi connectivity index (χ4v) is 4.45. The molecule has 1 aliphatic rings. The van der Waals surface area contributed by atoms with Gasteiger partial charge < -0.3 is 5.11 Å². The maximum Gasteiger partial charge on any atom is 0.0431 e. The van der Waals surface area contributed by atoms with Gasteiger partial charge in [-0.05, 0) is 50.5 Å². The SMILES string of the molecule is CCCC(CBr)(CCC)CN1CCCC1CCCO. The van der Waals surface area contributed by atoms with Gasteiger partial charge in [0, 0.05) is 24.5 Å². The Labute approximate surface area is 128 Å². The van der Waals surface area contributed by atoms with Crippen molar-refractivity contribution in [2.75, 3.05) is 25.0 Å². The first-order valence-electron chi connectivity index (χ1n) is 8.12. The molecule has 1 unspecified atom stereocenters. The average Bonchev–Trinajstić information content (AvgIpc) is 2.84. The molecule has 19 heavy (non-hydrogen) atoms. The smallest absolute Gasteiger partial charge is 0.0431 e. The monoisotopic (exact) mass is 333 g/mol. The van der Waals surface area contributed by atoms with Gasteiger partial charge in [0.2, 0.25) is 0 Å². The fourth-order valence-electron chi connectivity index (χ4n) is 3.71. The second-order valence-electron chi connectivity index (χ2n) is 6.27. The highest BCUT2D eigenvalue weighted by molar-refractivity contribution is 9.09. The molecule has 0 saturated carbocycles. The van der Waals surface area contributed by atoms with Gasteiger partial charge >= 0.3 is 0 Å². The molecule has 2 nitrogen and oxygen atoms in total. The molecule has 0 aromatic rings. The van der Waals surface area contributed by atoms with Gasteiger partial charge in [0.05, 0.1) is 0 Å². The van der Waals surface area contributed by atoms with Crippen molar-refractivity contribution >= 4 is 15.9 Å². The van der Waals surface area contributed by atoms with E-state index in [0.29, 0.717) is 12.0 Å². The summed E-state index contributed by atoms with van der Waals surface area (Å²) in [5.74, 6) is 0. The van der Waals surface area contributed by atoms with Crippen molar-refractivity contribution in [1.82, 2.24) is 4.90 Å². The summed E-state index contributed by atoms with van der Waals surface area (Å²) in [5, 5.41) is 10.2. The summed E-state index contributed by atoms with van der Waals surface area (Å²) >= 11 is 3.79. The van der Waals surface area contributed by atoms with Crippen LogP contribution in [0.4, 0.5) is 0 Å². The van der Waals surface area contributed by atoms with Crippen LogP contribution in [0.15, 0.2) is 0 Å². The number of halogens is 1. The van der Waals surface area contributed by atoms with Gasteiger partial charge in [-0.3, -0.25) is 4.90 Å². The first-order valence-corrected chi connectivity index (χ1v) is 9.24. The zero-order valence-electron chi connectivity index (χ0n) is 12.8. The standard InChI is InChI=1S/C16H32BrNO/c1-3-9-16(13-17,10-4-2)14-18-11-5-7-15(18)8-6-12-19/h15,19H,3-14H2,1-2H3. The third-order valence-electron chi connectivity index (χ3n) is 4.58. The molecule has 1 rings (SSSR count). The summed E-state index contributed by atoms with van der Waals surface area (Å²) in [7, 11) is 0. The molecular formula is C16H32BrNO. The van der Waals surface area contributed by atoms with E-state index in [2.05, 4.69) is 34.7 Å². The molecule has 1 saturated heterocycles. The highest BCUT2D eigenvalue weighted by Crippen LogP contribution is 2.36. The third-order valence-corrected chi connectivity index (χ3v) is 5.77. The van der Waals surface area contributed by atoms with E-state index >= 15 is 0 Å². The lowest BCUT2D eigenvalue weighted by Gasteiger charge is -2.38. The molecule has 3 heteroatoms. The number of aliphatic hydroxyl groups excluding tert-OH is 1. The maximum absolute atomic E-state index is 9.03. The van der Waals surface area contributed by atoms with Crippen LogP contribution in [0.3, 0.4) is 0 Å². The van der Waals surface area contributed by atoms with Crippen LogP contribution in [0.1, 0.15) is 65.2 Å². The topological polar surface area (TPSA) is 23.5 Å². The van der Waals surface area contributed by atoms with Crippen molar-refractivity contribution in [3.8, 4) is 0 Å². The number of nitrogens with zero attached hydrogens (tertiary/aromatic N) is 1. The quantitative estimate of drug-likeness (QED) is 0.605. The van der Waals surface area contributed by atoms with Crippen LogP contribution >= 0.6 is 15.9 Å². The minimum Gasteiger partial charge on any atom is -0.396 e. The molecule has 1 N–H and O–H groups in total. The molecule has 0 spiro atoms. The van der Waals surface area contributed by atoms with Crippen molar-refractivity contribution in [1.29, 1.82) is 0 Å². The van der Waals surface area contributed by atoms with Crippen LogP contribution in [0.25, 0.3) is 0 Å². The summed E-state index contributed by atoms with van der Waals surface area (Å²) in [6, 6.07) is 0.722. The number of likely N-dealkylation sites (tertiary alicyclic amines) is 1. The first-order chi connectivity index (χ1) is 9.21. The van der Waals surface area contributed by atoms with Crippen LogP contribution in [0.5, 0.6) is 0 Å². The van der Waals surface area contributed by atoms with Crippen molar-refractivity contribution in [3.05, 3.63) is 0 Å². The Kier molecular flexibility index (Phi) is 8.59. The number of alkyl halides is 1. The highest BCUT2D eigenvalue weighted by atomic mass is 79.9.